The number of aliphatic imine (C=N–C) groups is 1. The predicted molar refractivity (Wildman–Crippen MR) is 392 cm³/mol. The lowest BCUT2D eigenvalue weighted by atomic mass is 9.99. The number of ketones is 1. The lowest BCUT2D eigenvalue weighted by Gasteiger charge is -2.20. The Morgan fingerprint density at radius 2 is 1.49 bits per heavy atom. The Hall–Kier alpha value is -6.13. The number of benzene rings is 5. The minimum Gasteiger partial charge on any atom is -0.507 e. The van der Waals surface area contributed by atoms with Crippen molar-refractivity contribution >= 4 is 87.4 Å². The number of anilines is 2. The number of nitrogen functional groups attached to an aromatic ring is 2. The number of carbonyl (C=O) groups is 2. The van der Waals surface area contributed by atoms with Gasteiger partial charge in [0, 0.05) is 60.2 Å². The molecule has 0 heterocycles. The molecule has 0 aromatic heterocycles. The summed E-state index contributed by atoms with van der Waals surface area (Å²) in [6, 6.07) is 34.9. The average Bonchev–Trinajstić information content (AvgIpc) is 3.74. The van der Waals surface area contributed by atoms with E-state index in [1.807, 2.05) is 155 Å². The number of allylic oxidation sites excluding steroid dienone is 6. The highest BCUT2D eigenvalue weighted by Gasteiger charge is 2.19. The second-order valence-electron chi connectivity index (χ2n) is 18.7. The number of aryl methyl sites for hydroxylation is 2. The lowest BCUT2D eigenvalue weighted by Crippen LogP contribution is -2.36. The molecule has 21 heteroatoms. The Kier molecular flexibility index (Phi) is 54.7. The molecule has 0 aliphatic carbocycles. The fourth-order valence-corrected chi connectivity index (χ4v) is 9.93. The van der Waals surface area contributed by atoms with E-state index in [-0.39, 0.29) is 22.7 Å². The fraction of sp³-hybridized carbons (Fsp3) is 0.382. The first-order valence-corrected chi connectivity index (χ1v) is 34.2. The van der Waals surface area contributed by atoms with E-state index in [2.05, 4.69) is 86.9 Å². The number of thioether (sulfide) groups is 3. The molecule has 4 atom stereocenters. The Morgan fingerprint density at radius 1 is 0.854 bits per heavy atom. The number of nitriles is 1. The number of Topliss-reactive ketones (excluding diaryl/α,β-unsaturated/α-hetero) is 1. The quantitative estimate of drug-likeness (QED) is 0.00527. The van der Waals surface area contributed by atoms with Gasteiger partial charge in [0.25, 0.3) is 0 Å². The van der Waals surface area contributed by atoms with E-state index in [4.69, 9.17) is 43.4 Å². The summed E-state index contributed by atoms with van der Waals surface area (Å²) >= 11 is 6.94. The molecule has 5 rings (SSSR count). The van der Waals surface area contributed by atoms with Gasteiger partial charge < -0.3 is 49.0 Å². The van der Waals surface area contributed by atoms with Crippen LogP contribution in [0.15, 0.2) is 171 Å². The van der Waals surface area contributed by atoms with Crippen molar-refractivity contribution in [2.75, 3.05) is 76.6 Å². The zero-order valence-corrected chi connectivity index (χ0v) is 59.5. The topological polar surface area (TPSA) is 306 Å². The van der Waals surface area contributed by atoms with E-state index in [0.29, 0.717) is 46.9 Å². The van der Waals surface area contributed by atoms with Crippen LogP contribution >= 0.6 is 47.2 Å². The van der Waals surface area contributed by atoms with Gasteiger partial charge in [0.05, 0.1) is 17.7 Å². The maximum atomic E-state index is 12.1. The van der Waals surface area contributed by atoms with E-state index < -0.39 is 17.0 Å². The molecule has 0 amide bonds. The number of phenols is 1. The summed E-state index contributed by atoms with van der Waals surface area (Å²) in [5.74, 6) is 3.81. The number of hydrogen-bond acceptors (Lipinski definition) is 19. The molecule has 492 valence electrons. The maximum Gasteiger partial charge on any atom is 0.173 e. The molecule has 16 nitrogen and oxygen atoms in total. The van der Waals surface area contributed by atoms with Crippen LogP contribution in [0.1, 0.15) is 113 Å². The first kappa shape index (κ1) is 87.1. The summed E-state index contributed by atoms with van der Waals surface area (Å²) in [6.45, 7) is 27.0. The third-order valence-corrected chi connectivity index (χ3v) is 16.2. The van der Waals surface area contributed by atoms with Crippen LogP contribution in [-0.2, 0) is 15.8 Å². The van der Waals surface area contributed by atoms with E-state index in [1.54, 1.807) is 60.8 Å². The monoisotopic (exact) mass is 1320 g/mol. The Bertz CT molecular complexity index is 2920. The predicted octanol–water partition coefficient (Wildman–Crippen LogP) is 13.7. The van der Waals surface area contributed by atoms with Gasteiger partial charge in [0.2, 0.25) is 0 Å². The van der Waals surface area contributed by atoms with Crippen LogP contribution in [0, 0.1) is 25.2 Å². The van der Waals surface area contributed by atoms with Crippen molar-refractivity contribution in [3.63, 3.8) is 0 Å². The summed E-state index contributed by atoms with van der Waals surface area (Å²) < 4.78 is 29.2. The van der Waals surface area contributed by atoms with Crippen LogP contribution in [-0.4, -0.2) is 104 Å². The van der Waals surface area contributed by atoms with E-state index in [9.17, 15) is 18.9 Å². The number of ether oxygens (including phenoxy) is 2. The summed E-state index contributed by atoms with van der Waals surface area (Å²) in [5, 5.41) is 19.4. The van der Waals surface area contributed by atoms with Gasteiger partial charge in [-0.2, -0.15) is 17.0 Å². The van der Waals surface area contributed by atoms with Gasteiger partial charge >= 0.3 is 0 Å². The molecule has 0 fully saturated rings. The van der Waals surface area contributed by atoms with E-state index >= 15 is 0 Å². The van der Waals surface area contributed by atoms with Crippen molar-refractivity contribution < 1.29 is 28.4 Å². The summed E-state index contributed by atoms with van der Waals surface area (Å²) in [7, 11) is 3.15. The smallest absolute Gasteiger partial charge is 0.173 e. The average molecular weight is 1320 g/mol. The zero-order valence-electron chi connectivity index (χ0n) is 55.4. The number of hydrogen-bond donors (Lipinski definition) is 9. The fourth-order valence-electron chi connectivity index (χ4n) is 6.39. The Morgan fingerprint density at radius 3 is 1.94 bits per heavy atom. The van der Waals surface area contributed by atoms with Gasteiger partial charge in [0.15, 0.2) is 11.2 Å². The molecule has 0 aliphatic rings. The Labute approximate surface area is 554 Å². The van der Waals surface area contributed by atoms with Crippen molar-refractivity contribution in [1.29, 1.82) is 5.26 Å². The largest absolute Gasteiger partial charge is 0.507 e. The van der Waals surface area contributed by atoms with Crippen LogP contribution in [0.2, 0.25) is 0 Å². The second kappa shape index (κ2) is 55.9. The molecule has 89 heavy (non-hydrogen) atoms. The number of nitrogens with zero attached hydrogens (tertiary/aromatic N) is 2. The molecule has 5 aromatic carbocycles. The zero-order chi connectivity index (χ0) is 68.1. The van der Waals surface area contributed by atoms with Crippen molar-refractivity contribution in [1.82, 2.24) is 9.44 Å². The number of nitrogens with one attached hydrogen (secondary N) is 2. The van der Waals surface area contributed by atoms with Crippen molar-refractivity contribution in [2.45, 2.75) is 116 Å². The molecule has 15 N–H and O–H groups in total. The summed E-state index contributed by atoms with van der Waals surface area (Å²) in [4.78, 5) is 27.6. The number of carbonyl (C=O) groups excluding carboxylic acids is 2. The third-order valence-electron chi connectivity index (χ3n) is 11.3. The summed E-state index contributed by atoms with van der Waals surface area (Å²) in [5.41, 5.74) is 39.0. The highest BCUT2D eigenvalue weighted by atomic mass is 32.2. The summed E-state index contributed by atoms with van der Waals surface area (Å²) in [6.07, 6.45) is 15.1. The number of aldehydes is 1. The SMILES string of the molecule is C/C=C/C=C/CN.CCNS/C(C)=C/C=C(\C)C(C)SCC.CCSC(Oc1ccc(C)cc1)c1ccc(S(=O)NCCN)cc1O.CN.CN=C(C#N)C(N)C(C)=O.COc1ccc(SC)cc1N.Cc1cc(C=O)cc(C(C)C)c1.Nc1ccccc1. The molecule has 0 aliphatic heterocycles. The number of aromatic hydroxyl groups is 1. The molecule has 0 saturated carbocycles. The first-order chi connectivity index (χ1) is 42.5. The van der Waals surface area contributed by atoms with Crippen LogP contribution < -0.4 is 53.3 Å². The van der Waals surface area contributed by atoms with Crippen molar-refractivity contribution in [3.05, 3.63) is 184 Å². The second-order valence-corrected chi connectivity index (χ2v) is 25.0. The number of para-hydroxylation sites is 1. The normalized spacial score (nSPS) is 12.2. The molecule has 0 radical (unpaired) electrons. The maximum absolute atomic E-state index is 12.1. The van der Waals surface area contributed by atoms with E-state index in [1.165, 1.54) is 48.9 Å². The minimum absolute atomic E-state index is 0.0680. The van der Waals surface area contributed by atoms with Gasteiger partial charge in [-0.05, 0) is 174 Å². The molecule has 4 unspecified atom stereocenters. The molecular formula is C68H104N10O6S5. The number of methoxy groups -OCH3 is 1. The van der Waals surface area contributed by atoms with Crippen molar-refractivity contribution in [3.8, 4) is 23.3 Å². The minimum atomic E-state index is -1.40. The molecule has 0 saturated heterocycles. The molecule has 5 aromatic rings. The third kappa shape index (κ3) is 42.5. The van der Waals surface area contributed by atoms with Crippen molar-refractivity contribution in [2.24, 2.45) is 27.9 Å². The van der Waals surface area contributed by atoms with Crippen LogP contribution in [0.25, 0.3) is 0 Å². The highest BCUT2D eigenvalue weighted by Crippen LogP contribution is 2.37. The van der Waals surface area contributed by atoms with Crippen LogP contribution in [0.3, 0.4) is 0 Å². The van der Waals surface area contributed by atoms with Crippen LogP contribution in [0.4, 0.5) is 11.4 Å². The standard InChI is InChI=1S/C18H24N2O3S2.C12H23NS2.C11H14O.C8H11NOS.C6H9N3O.C6H7N.C6H11N.CH5N/c1-3-24-18(23-14-6-4-13(2)5-7-14)16-9-8-15(12-17(16)21)25(22)20-11-10-19;1-6-13-15-11(4)9-8-10(3)12(5)14-7-2;1-8(2)11-5-9(3)4-10(6-11)7-12;1-10-8-4-3-6(11-2)5-7(8)9;1-4(10)6(8)5(3-7)9-2;7-6-4-2-1-3-5-6;1-2-3-4-5-6-7;1-2/h4-9,12,18,20-21H,3,10-11,19H2,1-2H3;8-9,12-13H,6-7H2,1-5H3;4-8H,1-3H3;3-5H,9H2,1-2H3;6H,8H2,1-2H3;1-5H,7H2;2-5H,6-7H2,1H3;2H2,1H3/b;10-8+,11-9+;;;;;3-2+,5-4+;. The number of rotatable bonds is 24. The number of phenolic OH excluding ortho intramolecular Hbond substituents is 1. The van der Waals surface area contributed by atoms with Gasteiger partial charge in [-0.15, -0.1) is 23.5 Å². The lowest BCUT2D eigenvalue weighted by molar-refractivity contribution is -0.116. The molecule has 0 spiro atoms. The highest BCUT2D eigenvalue weighted by molar-refractivity contribution is 8.01. The Balaban J connectivity index is -0.00000101. The van der Waals surface area contributed by atoms with Crippen LogP contribution in [0.5, 0.6) is 17.2 Å². The van der Waals surface area contributed by atoms with Gasteiger partial charge in [-0.1, -0.05) is 124 Å². The first-order valence-electron chi connectivity index (χ1n) is 28.9. The van der Waals surface area contributed by atoms with Gasteiger partial charge in [-0.3, -0.25) is 19.3 Å². The van der Waals surface area contributed by atoms with Gasteiger partial charge in [0.1, 0.15) is 52.3 Å². The number of nitrogens with two attached hydrogens (primary N) is 6. The molecular weight excluding hydrogens is 1210 g/mol. The van der Waals surface area contributed by atoms with E-state index in [0.717, 1.165) is 57.4 Å². The molecule has 0 bridgehead atoms. The van der Waals surface area contributed by atoms with Gasteiger partial charge in [-0.25, -0.2) is 8.93 Å².